The molecule has 16 heavy (non-hydrogen) atoms. The van der Waals surface area contributed by atoms with Crippen LogP contribution in [0, 0.1) is 13.8 Å². The van der Waals surface area contributed by atoms with Gasteiger partial charge in [0.15, 0.2) is 5.96 Å². The molecule has 0 saturated heterocycles. The van der Waals surface area contributed by atoms with Gasteiger partial charge in [-0.05, 0) is 27.7 Å². The largest absolute Gasteiger partial charge is 0.370 e. The number of nitrogens with one attached hydrogen (secondary N) is 1. The van der Waals surface area contributed by atoms with E-state index < -0.39 is 0 Å². The van der Waals surface area contributed by atoms with Gasteiger partial charge >= 0.3 is 0 Å². The minimum Gasteiger partial charge on any atom is -0.370 e. The summed E-state index contributed by atoms with van der Waals surface area (Å²) >= 11 is 1.67. The molecule has 3 N–H and O–H groups in total. The van der Waals surface area contributed by atoms with Gasteiger partial charge in [-0.2, -0.15) is 0 Å². The number of nitrogens with zero attached hydrogens (tertiary/aromatic N) is 2. The molecule has 92 valence electrons. The van der Waals surface area contributed by atoms with Gasteiger partial charge in [-0.15, -0.1) is 35.3 Å². The Balaban J connectivity index is 0.00000225. The highest BCUT2D eigenvalue weighted by atomic mass is 127. The normalized spacial score (nSPS) is 11.4. The summed E-state index contributed by atoms with van der Waals surface area (Å²) < 4.78 is 0. The fourth-order valence-electron chi connectivity index (χ4n) is 1.22. The first kappa shape index (κ1) is 15.6. The Bertz CT molecular complexity index is 360. The summed E-state index contributed by atoms with van der Waals surface area (Å²) in [5, 5.41) is 4.13. The molecule has 6 heteroatoms. The average molecular weight is 354 g/mol. The van der Waals surface area contributed by atoms with Crippen molar-refractivity contribution in [2.45, 2.75) is 40.3 Å². The minimum absolute atomic E-state index is 0. The lowest BCUT2D eigenvalue weighted by Gasteiger charge is -2.07. The molecule has 0 aliphatic rings. The van der Waals surface area contributed by atoms with Crippen LogP contribution in [0.1, 0.15) is 29.4 Å². The van der Waals surface area contributed by atoms with Gasteiger partial charge in [0.2, 0.25) is 0 Å². The van der Waals surface area contributed by atoms with E-state index in [1.165, 1.54) is 4.88 Å². The van der Waals surface area contributed by atoms with Crippen LogP contribution in [-0.2, 0) is 6.54 Å². The third-order valence-electron chi connectivity index (χ3n) is 1.83. The molecule has 0 aliphatic heterocycles. The van der Waals surface area contributed by atoms with Crippen molar-refractivity contribution in [1.82, 2.24) is 10.3 Å². The number of aryl methyl sites for hydroxylation is 2. The lowest BCUT2D eigenvalue weighted by Crippen LogP contribution is -2.36. The summed E-state index contributed by atoms with van der Waals surface area (Å²) in [4.78, 5) is 9.78. The molecule has 0 aliphatic carbocycles. The van der Waals surface area contributed by atoms with Crippen molar-refractivity contribution < 1.29 is 0 Å². The quantitative estimate of drug-likeness (QED) is 0.497. The number of nitrogens with two attached hydrogens (primary N) is 1. The Morgan fingerprint density at radius 1 is 1.50 bits per heavy atom. The molecule has 1 aromatic heterocycles. The van der Waals surface area contributed by atoms with Gasteiger partial charge in [0.25, 0.3) is 0 Å². The Labute approximate surface area is 118 Å². The molecule has 0 amide bonds. The Morgan fingerprint density at radius 2 is 2.12 bits per heavy atom. The molecule has 0 fully saturated rings. The van der Waals surface area contributed by atoms with E-state index in [0.717, 1.165) is 10.7 Å². The van der Waals surface area contributed by atoms with E-state index in [9.17, 15) is 0 Å². The van der Waals surface area contributed by atoms with Crippen LogP contribution in [0.4, 0.5) is 0 Å². The monoisotopic (exact) mass is 354 g/mol. The third kappa shape index (κ3) is 5.11. The molecular formula is C10H19IN4S. The number of hydrogen-bond donors (Lipinski definition) is 2. The molecule has 0 spiro atoms. The third-order valence-corrected chi connectivity index (χ3v) is 2.89. The van der Waals surface area contributed by atoms with E-state index in [-0.39, 0.29) is 24.0 Å². The zero-order valence-electron chi connectivity index (χ0n) is 10.1. The molecule has 1 rings (SSSR count). The summed E-state index contributed by atoms with van der Waals surface area (Å²) in [5.41, 5.74) is 6.76. The molecule has 1 aromatic rings. The first-order chi connectivity index (χ1) is 6.99. The number of aromatic nitrogens is 1. The van der Waals surface area contributed by atoms with Gasteiger partial charge < -0.3 is 11.1 Å². The minimum atomic E-state index is 0. The topological polar surface area (TPSA) is 63.3 Å². The second-order valence-electron chi connectivity index (χ2n) is 3.74. The zero-order valence-corrected chi connectivity index (χ0v) is 13.2. The molecule has 0 atom stereocenters. The molecule has 0 radical (unpaired) electrons. The van der Waals surface area contributed by atoms with E-state index in [0.29, 0.717) is 18.5 Å². The van der Waals surface area contributed by atoms with Crippen molar-refractivity contribution in [3.05, 3.63) is 15.6 Å². The highest BCUT2D eigenvalue weighted by molar-refractivity contribution is 14.0. The van der Waals surface area contributed by atoms with Gasteiger partial charge in [-0.25, -0.2) is 9.98 Å². The van der Waals surface area contributed by atoms with Crippen LogP contribution in [0.25, 0.3) is 0 Å². The van der Waals surface area contributed by atoms with Crippen molar-refractivity contribution in [3.8, 4) is 0 Å². The fraction of sp³-hybridized carbons (Fsp3) is 0.600. The van der Waals surface area contributed by atoms with Crippen molar-refractivity contribution in [3.63, 3.8) is 0 Å². The van der Waals surface area contributed by atoms with Gasteiger partial charge in [0.1, 0.15) is 0 Å². The predicted octanol–water partition coefficient (Wildman–Crippen LogP) is 2.19. The Hall–Kier alpha value is -0.370. The number of rotatable bonds is 3. The maximum absolute atomic E-state index is 5.70. The average Bonchev–Trinajstić information content (AvgIpc) is 2.40. The van der Waals surface area contributed by atoms with Crippen molar-refractivity contribution in [2.24, 2.45) is 10.7 Å². The molecule has 0 aromatic carbocycles. The van der Waals surface area contributed by atoms with Gasteiger partial charge in [0, 0.05) is 10.9 Å². The van der Waals surface area contributed by atoms with Crippen molar-refractivity contribution >= 4 is 41.3 Å². The van der Waals surface area contributed by atoms with Crippen LogP contribution in [0.3, 0.4) is 0 Å². The standard InChI is InChI=1S/C10H18N4S.HI/c1-6(2)13-10(11)12-5-9-7(3)14-8(4)15-9;/h6H,5H2,1-4H3,(H3,11,12,13);1H. The molecule has 0 bridgehead atoms. The lowest BCUT2D eigenvalue weighted by molar-refractivity contribution is 0.724. The van der Waals surface area contributed by atoms with Crippen LogP contribution < -0.4 is 11.1 Å². The maximum atomic E-state index is 5.70. The first-order valence-corrected chi connectivity index (χ1v) is 5.80. The predicted molar refractivity (Wildman–Crippen MR) is 80.6 cm³/mol. The summed E-state index contributed by atoms with van der Waals surface area (Å²) in [5.74, 6) is 0.496. The number of guanidine groups is 1. The zero-order chi connectivity index (χ0) is 11.4. The summed E-state index contributed by atoms with van der Waals surface area (Å²) in [7, 11) is 0. The van der Waals surface area contributed by atoms with Gasteiger partial charge in [-0.3, -0.25) is 0 Å². The Kier molecular flexibility index (Phi) is 6.89. The summed E-state index contributed by atoms with van der Waals surface area (Å²) in [6.07, 6.45) is 0. The van der Waals surface area contributed by atoms with Crippen LogP contribution in [-0.4, -0.2) is 17.0 Å². The van der Waals surface area contributed by atoms with Crippen LogP contribution in [0.15, 0.2) is 4.99 Å². The highest BCUT2D eigenvalue weighted by Crippen LogP contribution is 2.17. The lowest BCUT2D eigenvalue weighted by atomic mass is 10.4. The van der Waals surface area contributed by atoms with E-state index in [1.54, 1.807) is 11.3 Å². The molecule has 1 heterocycles. The fourth-order valence-corrected chi connectivity index (χ4v) is 2.08. The second kappa shape index (κ2) is 7.05. The smallest absolute Gasteiger partial charge is 0.189 e. The van der Waals surface area contributed by atoms with E-state index >= 15 is 0 Å². The van der Waals surface area contributed by atoms with Crippen molar-refractivity contribution in [1.29, 1.82) is 0 Å². The maximum Gasteiger partial charge on any atom is 0.189 e. The van der Waals surface area contributed by atoms with Gasteiger partial charge in [-0.1, -0.05) is 0 Å². The van der Waals surface area contributed by atoms with Gasteiger partial charge in [0.05, 0.1) is 17.2 Å². The molecule has 0 saturated carbocycles. The second-order valence-corrected chi connectivity index (χ2v) is 5.03. The van der Waals surface area contributed by atoms with Crippen molar-refractivity contribution in [2.75, 3.05) is 0 Å². The number of thiazole rings is 1. The number of hydrogen-bond acceptors (Lipinski definition) is 3. The van der Waals surface area contributed by atoms with Crippen LogP contribution in [0.2, 0.25) is 0 Å². The molecular weight excluding hydrogens is 335 g/mol. The SMILES string of the molecule is Cc1nc(C)c(CN=C(N)NC(C)C)s1.I. The number of halogens is 1. The van der Waals surface area contributed by atoms with E-state index in [2.05, 4.69) is 15.3 Å². The summed E-state index contributed by atoms with van der Waals surface area (Å²) in [6, 6.07) is 0.318. The number of aliphatic imine (C=N–C) groups is 1. The van der Waals surface area contributed by atoms with E-state index in [1.807, 2.05) is 27.7 Å². The van der Waals surface area contributed by atoms with E-state index in [4.69, 9.17) is 5.73 Å². The van der Waals surface area contributed by atoms with Crippen LogP contribution >= 0.6 is 35.3 Å². The molecule has 0 unspecified atom stereocenters. The first-order valence-electron chi connectivity index (χ1n) is 4.98. The molecule has 4 nitrogen and oxygen atoms in total. The van der Waals surface area contributed by atoms with Crippen LogP contribution in [0.5, 0.6) is 0 Å². The highest BCUT2D eigenvalue weighted by Gasteiger charge is 2.03. The Morgan fingerprint density at radius 3 is 2.56 bits per heavy atom. The summed E-state index contributed by atoms with van der Waals surface area (Å²) in [6.45, 7) is 8.68.